The van der Waals surface area contributed by atoms with Crippen molar-refractivity contribution in [1.82, 2.24) is 9.97 Å². The maximum Gasteiger partial charge on any atom is 0.143 e. The van der Waals surface area contributed by atoms with Crippen LogP contribution in [0.3, 0.4) is 0 Å². The summed E-state index contributed by atoms with van der Waals surface area (Å²) in [7, 11) is 0. The Morgan fingerprint density at radius 2 is 2.05 bits per heavy atom. The van der Waals surface area contributed by atoms with Gasteiger partial charge in [0.1, 0.15) is 5.82 Å². The molecule has 108 valence electrons. The highest BCUT2D eigenvalue weighted by molar-refractivity contribution is 5.48. The summed E-state index contributed by atoms with van der Waals surface area (Å²) in [5.41, 5.74) is 2.72. The lowest BCUT2D eigenvalue weighted by Gasteiger charge is -2.60. The molecule has 0 amide bonds. The van der Waals surface area contributed by atoms with Crippen LogP contribution in [0.1, 0.15) is 18.4 Å². The molecule has 2 aromatic rings. The molecule has 0 aromatic carbocycles. The van der Waals surface area contributed by atoms with Gasteiger partial charge in [0.05, 0.1) is 18.1 Å². The van der Waals surface area contributed by atoms with Crippen LogP contribution in [0.15, 0.2) is 43.0 Å². The molecule has 3 heterocycles. The molecule has 1 saturated carbocycles. The minimum absolute atomic E-state index is 0.253. The van der Waals surface area contributed by atoms with Gasteiger partial charge in [-0.3, -0.25) is 9.97 Å². The largest absolute Gasteiger partial charge is 0.369 e. The Bertz CT molecular complexity index is 629. The quantitative estimate of drug-likeness (QED) is 0.867. The van der Waals surface area contributed by atoms with E-state index in [1.807, 2.05) is 18.5 Å². The van der Waals surface area contributed by atoms with Crippen LogP contribution in [0.4, 0.5) is 10.1 Å². The first kappa shape index (κ1) is 12.7. The minimum Gasteiger partial charge on any atom is -0.369 e. The van der Waals surface area contributed by atoms with Crippen LogP contribution < -0.4 is 4.90 Å². The van der Waals surface area contributed by atoms with E-state index in [1.165, 1.54) is 24.6 Å². The zero-order chi connectivity index (χ0) is 14.3. The summed E-state index contributed by atoms with van der Waals surface area (Å²) in [6.07, 6.45) is 10.5. The first-order valence-corrected chi connectivity index (χ1v) is 7.47. The number of anilines is 1. The van der Waals surface area contributed by atoms with Crippen LogP contribution in [0.2, 0.25) is 0 Å². The van der Waals surface area contributed by atoms with Gasteiger partial charge in [0.25, 0.3) is 0 Å². The van der Waals surface area contributed by atoms with E-state index in [-0.39, 0.29) is 5.82 Å². The van der Waals surface area contributed by atoms with Crippen molar-refractivity contribution in [3.05, 3.63) is 54.4 Å². The number of nitrogens with zero attached hydrogens (tertiary/aromatic N) is 3. The summed E-state index contributed by atoms with van der Waals surface area (Å²) in [6.45, 7) is 2.09. The van der Waals surface area contributed by atoms with Crippen molar-refractivity contribution in [3.63, 3.8) is 0 Å². The van der Waals surface area contributed by atoms with Gasteiger partial charge in [-0.2, -0.15) is 0 Å². The molecule has 0 atom stereocenters. The van der Waals surface area contributed by atoms with Gasteiger partial charge in [-0.25, -0.2) is 4.39 Å². The molecule has 1 spiro atoms. The van der Waals surface area contributed by atoms with Gasteiger partial charge in [0, 0.05) is 37.0 Å². The van der Waals surface area contributed by atoms with Gasteiger partial charge in [-0.05, 0) is 36.8 Å². The summed E-state index contributed by atoms with van der Waals surface area (Å²) >= 11 is 0. The molecule has 4 heteroatoms. The van der Waals surface area contributed by atoms with Crippen LogP contribution in [-0.4, -0.2) is 23.1 Å². The van der Waals surface area contributed by atoms with Gasteiger partial charge in [-0.15, -0.1) is 0 Å². The first-order valence-electron chi connectivity index (χ1n) is 7.47. The molecule has 2 fully saturated rings. The van der Waals surface area contributed by atoms with Gasteiger partial charge >= 0.3 is 0 Å². The summed E-state index contributed by atoms with van der Waals surface area (Å²) in [4.78, 5) is 10.3. The second kappa shape index (κ2) is 4.79. The standard InChI is InChI=1S/C17H18FN3/c18-15-5-16(10-20-9-15)21-11-17(12-21)6-14(7-17)4-13-2-1-3-19-8-13/h1-3,5,8-10,14H,4,6-7,11-12H2. The van der Waals surface area contributed by atoms with E-state index in [2.05, 4.69) is 20.9 Å². The number of halogens is 1. The zero-order valence-electron chi connectivity index (χ0n) is 11.9. The predicted molar refractivity (Wildman–Crippen MR) is 79.5 cm³/mol. The second-order valence-corrected chi connectivity index (χ2v) is 6.56. The molecule has 3 nitrogen and oxygen atoms in total. The van der Waals surface area contributed by atoms with E-state index in [4.69, 9.17) is 0 Å². The third-order valence-electron chi connectivity index (χ3n) is 4.80. The number of aromatic nitrogens is 2. The Labute approximate surface area is 123 Å². The fraction of sp³-hybridized carbons (Fsp3) is 0.412. The molecular formula is C17H18FN3. The van der Waals surface area contributed by atoms with Crippen molar-refractivity contribution in [3.8, 4) is 0 Å². The zero-order valence-corrected chi connectivity index (χ0v) is 11.9. The van der Waals surface area contributed by atoms with Crippen LogP contribution in [-0.2, 0) is 6.42 Å². The number of hydrogen-bond acceptors (Lipinski definition) is 3. The predicted octanol–water partition coefficient (Wildman–Crippen LogP) is 3.07. The summed E-state index contributed by atoms with van der Waals surface area (Å²) in [5, 5.41) is 0. The van der Waals surface area contributed by atoms with Crippen molar-refractivity contribution in [2.75, 3.05) is 18.0 Å². The highest BCUT2D eigenvalue weighted by atomic mass is 19.1. The van der Waals surface area contributed by atoms with Gasteiger partial charge < -0.3 is 4.90 Å². The molecule has 0 unspecified atom stereocenters. The Balaban J connectivity index is 1.31. The highest BCUT2D eigenvalue weighted by Crippen LogP contribution is 2.53. The van der Waals surface area contributed by atoms with E-state index < -0.39 is 0 Å². The molecule has 21 heavy (non-hydrogen) atoms. The van der Waals surface area contributed by atoms with Crippen LogP contribution in [0, 0.1) is 17.2 Å². The van der Waals surface area contributed by atoms with Gasteiger partial charge in [0.15, 0.2) is 0 Å². The molecule has 4 rings (SSSR count). The fourth-order valence-corrected chi connectivity index (χ4v) is 3.94. The van der Waals surface area contributed by atoms with Crippen molar-refractivity contribution in [2.45, 2.75) is 19.3 Å². The Kier molecular flexibility index (Phi) is 2.91. The molecule has 0 radical (unpaired) electrons. The maximum absolute atomic E-state index is 13.2. The lowest BCUT2D eigenvalue weighted by Crippen LogP contribution is -2.62. The van der Waals surface area contributed by atoms with Crippen LogP contribution >= 0.6 is 0 Å². The second-order valence-electron chi connectivity index (χ2n) is 6.56. The number of pyridine rings is 2. The maximum atomic E-state index is 13.2. The topological polar surface area (TPSA) is 29.0 Å². The normalized spacial score (nSPS) is 20.1. The molecule has 0 N–H and O–H groups in total. The van der Waals surface area contributed by atoms with Crippen molar-refractivity contribution < 1.29 is 4.39 Å². The fourth-order valence-electron chi connectivity index (χ4n) is 3.94. The molecule has 1 aliphatic heterocycles. The molecule has 2 aliphatic rings. The lowest BCUT2D eigenvalue weighted by molar-refractivity contribution is 0.0239. The third kappa shape index (κ3) is 2.39. The Hall–Kier alpha value is -1.97. The smallest absolute Gasteiger partial charge is 0.143 e. The average Bonchev–Trinajstić information content (AvgIpc) is 2.41. The van der Waals surface area contributed by atoms with Crippen LogP contribution in [0.5, 0.6) is 0 Å². The molecule has 2 aromatic heterocycles. The van der Waals surface area contributed by atoms with E-state index in [0.717, 1.165) is 31.1 Å². The molecular weight excluding hydrogens is 265 g/mol. The van der Waals surface area contributed by atoms with Crippen molar-refractivity contribution in [2.24, 2.45) is 11.3 Å². The average molecular weight is 283 g/mol. The highest BCUT2D eigenvalue weighted by Gasteiger charge is 2.52. The molecule has 1 aliphatic carbocycles. The van der Waals surface area contributed by atoms with E-state index in [9.17, 15) is 4.39 Å². The first-order chi connectivity index (χ1) is 10.2. The molecule has 0 bridgehead atoms. The lowest BCUT2D eigenvalue weighted by atomic mass is 9.56. The van der Waals surface area contributed by atoms with E-state index in [1.54, 1.807) is 12.3 Å². The third-order valence-corrected chi connectivity index (χ3v) is 4.80. The summed E-state index contributed by atoms with van der Waals surface area (Å²) in [5.74, 6) is 0.526. The van der Waals surface area contributed by atoms with Gasteiger partial charge in [-0.1, -0.05) is 6.07 Å². The summed E-state index contributed by atoms with van der Waals surface area (Å²) < 4.78 is 13.2. The number of hydrogen-bond donors (Lipinski definition) is 0. The van der Waals surface area contributed by atoms with E-state index in [0.29, 0.717) is 5.41 Å². The van der Waals surface area contributed by atoms with Crippen molar-refractivity contribution in [1.29, 1.82) is 0 Å². The Morgan fingerprint density at radius 1 is 1.19 bits per heavy atom. The number of rotatable bonds is 3. The Morgan fingerprint density at radius 3 is 2.76 bits per heavy atom. The molecule has 1 saturated heterocycles. The summed E-state index contributed by atoms with van der Waals surface area (Å²) in [6, 6.07) is 5.74. The van der Waals surface area contributed by atoms with E-state index >= 15 is 0 Å². The van der Waals surface area contributed by atoms with Crippen molar-refractivity contribution >= 4 is 5.69 Å². The van der Waals surface area contributed by atoms with Gasteiger partial charge in [0.2, 0.25) is 0 Å². The monoisotopic (exact) mass is 283 g/mol. The van der Waals surface area contributed by atoms with Crippen LogP contribution in [0.25, 0.3) is 0 Å². The SMILES string of the molecule is Fc1cncc(N2CC3(CC(Cc4cccnc4)C3)C2)c1. The minimum atomic E-state index is -0.253.